The van der Waals surface area contributed by atoms with Gasteiger partial charge in [0.05, 0.1) is 28.3 Å². The summed E-state index contributed by atoms with van der Waals surface area (Å²) in [5.74, 6) is 0. The Morgan fingerprint density at radius 3 is 1.67 bits per heavy atom. The molecule has 1 nitrogen and oxygen atoms in total. The number of nitrogens with zero attached hydrogens (tertiary/aromatic N) is 1. The molecule has 0 aromatic heterocycles. The lowest BCUT2D eigenvalue weighted by atomic mass is 10.4. The molecule has 0 radical (unpaired) electrons. The first-order chi connectivity index (χ1) is 8.79. The smallest absolute Gasteiger partial charge is 0.0972 e. The Kier molecular flexibility index (Phi) is 15.3. The first-order valence-electron chi connectivity index (χ1n) is 8.54. The normalized spacial score (nSPS) is 13.3. The van der Waals surface area contributed by atoms with Crippen molar-refractivity contribution in [2.75, 3.05) is 0 Å². The summed E-state index contributed by atoms with van der Waals surface area (Å²) in [6.07, 6.45) is 5.91. The molecular weight excluding hydrogens is 299 g/mol. The summed E-state index contributed by atoms with van der Waals surface area (Å²) < 4.78 is 3.26. The maximum atomic E-state index is 3.26. The highest BCUT2D eigenvalue weighted by molar-refractivity contribution is 6.75. The zero-order valence-corrected chi connectivity index (χ0v) is 21.5. The van der Waals surface area contributed by atoms with Crippen molar-refractivity contribution in [3.05, 3.63) is 0 Å². The Morgan fingerprint density at radius 1 is 0.889 bits per heavy atom. The summed E-state index contributed by atoms with van der Waals surface area (Å²) in [7, 11) is 2.85. The second-order valence-electron chi connectivity index (χ2n) is 5.68. The maximum Gasteiger partial charge on any atom is 0.0972 e. The van der Waals surface area contributed by atoms with Gasteiger partial charge in [-0.15, -0.1) is 0 Å². The topological polar surface area (TPSA) is 3.24 Å². The molecule has 0 amide bonds. The molecule has 18 heavy (non-hydrogen) atoms. The van der Waals surface area contributed by atoms with Crippen molar-refractivity contribution < 1.29 is 0 Å². The molecule has 0 rings (SSSR count). The van der Waals surface area contributed by atoms with Gasteiger partial charge in [-0.3, -0.25) is 0 Å². The summed E-state index contributed by atoms with van der Waals surface area (Å²) in [6, 6.07) is 9.78. The Balaban J connectivity index is 4.27. The lowest BCUT2D eigenvalue weighted by Crippen LogP contribution is -2.44. The zero-order valence-electron chi connectivity index (χ0n) is 13.5. The predicted octanol–water partition coefficient (Wildman–Crippen LogP) is 0.184. The van der Waals surface area contributed by atoms with Crippen LogP contribution in [0.3, 0.4) is 0 Å². The first kappa shape index (κ1) is 19.0. The lowest BCUT2D eigenvalue weighted by Gasteiger charge is -2.31. The fourth-order valence-electron chi connectivity index (χ4n) is 2.59. The average Bonchev–Trinajstić information content (AvgIpc) is 2.40. The third kappa shape index (κ3) is 9.91. The van der Waals surface area contributed by atoms with Crippen LogP contribution in [0.2, 0.25) is 36.3 Å². The van der Waals surface area contributed by atoms with Gasteiger partial charge in [0.15, 0.2) is 0 Å². The molecule has 0 heterocycles. The Morgan fingerprint density at radius 2 is 1.33 bits per heavy atom. The van der Waals surface area contributed by atoms with E-state index in [1.165, 1.54) is 46.2 Å². The lowest BCUT2D eigenvalue weighted by molar-refractivity contribution is 0.805. The average molecular weight is 336 g/mol. The minimum Gasteiger partial charge on any atom is -0.380 e. The fourth-order valence-corrected chi connectivity index (χ4v) is 17.2. The van der Waals surface area contributed by atoms with Crippen LogP contribution in [0.4, 0.5) is 0 Å². The van der Waals surface area contributed by atoms with E-state index in [0.717, 1.165) is 0 Å². The van der Waals surface area contributed by atoms with Crippen molar-refractivity contribution in [2.45, 2.75) is 75.8 Å². The van der Waals surface area contributed by atoms with Crippen molar-refractivity contribution in [2.24, 2.45) is 0 Å². The van der Waals surface area contributed by atoms with Crippen molar-refractivity contribution in [1.29, 1.82) is 0 Å². The molecule has 0 aromatic rings. The SMILES string of the molecule is CCCC[SiH](CCCC)N([SiH2]CC[SiH3])[SiH2]CC[SiH3]. The van der Waals surface area contributed by atoms with Gasteiger partial charge in [-0.2, -0.15) is 0 Å². The Bertz CT molecular complexity index is 137. The van der Waals surface area contributed by atoms with Crippen LogP contribution in [-0.4, -0.2) is 52.7 Å². The highest BCUT2D eigenvalue weighted by atomic mass is 28.4. The largest absolute Gasteiger partial charge is 0.380 e. The summed E-state index contributed by atoms with van der Waals surface area (Å²) in [6.45, 7) is 4.75. The molecule has 0 saturated heterocycles. The molecule has 0 fully saturated rings. The van der Waals surface area contributed by atoms with E-state index in [-0.39, 0.29) is 19.4 Å². The van der Waals surface area contributed by atoms with E-state index in [2.05, 4.69) is 17.7 Å². The molecule has 0 aliphatic rings. The van der Waals surface area contributed by atoms with Crippen molar-refractivity contribution in [1.82, 2.24) is 3.90 Å². The molecule has 0 bridgehead atoms. The number of rotatable bonds is 13. The second-order valence-corrected chi connectivity index (χ2v) is 17.2. The van der Waals surface area contributed by atoms with Gasteiger partial charge in [0.1, 0.15) is 0 Å². The third-order valence-electron chi connectivity index (χ3n) is 3.90. The van der Waals surface area contributed by atoms with E-state index < -0.39 is 8.96 Å². The highest BCUT2D eigenvalue weighted by Crippen LogP contribution is 2.14. The molecule has 0 unspecified atom stereocenters. The Labute approximate surface area is 128 Å². The van der Waals surface area contributed by atoms with Gasteiger partial charge in [0.25, 0.3) is 0 Å². The van der Waals surface area contributed by atoms with Gasteiger partial charge in [-0.1, -0.05) is 63.7 Å². The van der Waals surface area contributed by atoms with Gasteiger partial charge in [-0.05, 0) is 12.1 Å². The summed E-state index contributed by atoms with van der Waals surface area (Å²) in [5, 5.41) is 0. The van der Waals surface area contributed by atoms with Gasteiger partial charge in [-0.25, -0.2) is 0 Å². The van der Waals surface area contributed by atoms with Gasteiger partial charge >= 0.3 is 0 Å². The molecule has 0 aromatic carbocycles. The van der Waals surface area contributed by atoms with E-state index in [1.807, 2.05) is 0 Å². The molecule has 0 saturated carbocycles. The highest BCUT2D eigenvalue weighted by Gasteiger charge is 2.18. The van der Waals surface area contributed by atoms with Crippen LogP contribution in [0.1, 0.15) is 39.5 Å². The van der Waals surface area contributed by atoms with Crippen LogP contribution >= 0.6 is 0 Å². The molecule has 110 valence electrons. The Hall–Kier alpha value is 1.04. The van der Waals surface area contributed by atoms with E-state index in [9.17, 15) is 0 Å². The second kappa shape index (κ2) is 14.5. The molecule has 0 aliphatic carbocycles. The molecule has 0 N–H and O–H groups in total. The minimum absolute atomic E-state index is 0.209. The zero-order chi connectivity index (χ0) is 13.6. The maximum absolute atomic E-state index is 3.26. The number of hydrogen-bond donors (Lipinski definition) is 0. The van der Waals surface area contributed by atoms with Crippen molar-refractivity contribution >= 4 is 48.8 Å². The molecule has 0 aliphatic heterocycles. The van der Waals surface area contributed by atoms with Crippen LogP contribution < -0.4 is 0 Å². The standard InChI is InChI=1S/C12H37NSi5/c1-3-5-11-18(12-6-4-2)13(16-9-7-14)17-10-8-15/h18H,3-12,16-17H2,1-2,14-15H3. The molecule has 0 spiro atoms. The van der Waals surface area contributed by atoms with E-state index >= 15 is 0 Å². The predicted molar refractivity (Wildman–Crippen MR) is 105 cm³/mol. The number of hydrogen-bond acceptors (Lipinski definition) is 1. The van der Waals surface area contributed by atoms with Crippen LogP contribution in [0.25, 0.3) is 0 Å². The molecular formula is C12H37NSi5. The van der Waals surface area contributed by atoms with Crippen LogP contribution in [-0.2, 0) is 0 Å². The third-order valence-corrected chi connectivity index (χ3v) is 21.1. The van der Waals surface area contributed by atoms with E-state index in [1.54, 1.807) is 36.3 Å². The van der Waals surface area contributed by atoms with Crippen LogP contribution in [0.15, 0.2) is 0 Å². The monoisotopic (exact) mass is 335 g/mol. The van der Waals surface area contributed by atoms with Crippen molar-refractivity contribution in [3.8, 4) is 0 Å². The van der Waals surface area contributed by atoms with Crippen LogP contribution in [0, 0.1) is 0 Å². The number of unbranched alkanes of at least 4 members (excludes halogenated alkanes) is 2. The van der Waals surface area contributed by atoms with E-state index in [4.69, 9.17) is 0 Å². The van der Waals surface area contributed by atoms with Crippen molar-refractivity contribution in [3.63, 3.8) is 0 Å². The summed E-state index contributed by atoms with van der Waals surface area (Å²) in [4.78, 5) is 0. The van der Waals surface area contributed by atoms with Gasteiger partial charge in [0, 0.05) is 20.5 Å². The van der Waals surface area contributed by atoms with Crippen LogP contribution in [0.5, 0.6) is 0 Å². The minimum atomic E-state index is -0.460. The summed E-state index contributed by atoms with van der Waals surface area (Å²) >= 11 is 0. The molecule has 0 atom stereocenters. The quantitative estimate of drug-likeness (QED) is 0.434. The molecule has 6 heteroatoms. The summed E-state index contributed by atoms with van der Waals surface area (Å²) in [5.41, 5.74) is 0. The first-order valence-corrected chi connectivity index (χ1v) is 16.8. The van der Waals surface area contributed by atoms with Gasteiger partial charge < -0.3 is 3.90 Å². The fraction of sp³-hybridized carbons (Fsp3) is 1.00. The van der Waals surface area contributed by atoms with Gasteiger partial charge in [0.2, 0.25) is 0 Å². The van der Waals surface area contributed by atoms with E-state index in [0.29, 0.717) is 0 Å².